The molecule has 0 aromatic heterocycles. The average molecular weight is 496 g/mol. The molecule has 1 aliphatic heterocycles. The fraction of sp³-hybridized carbons (Fsp3) is 0.381. The van der Waals surface area contributed by atoms with Crippen molar-refractivity contribution >= 4 is 35.6 Å². The van der Waals surface area contributed by atoms with Crippen molar-refractivity contribution in [3.63, 3.8) is 0 Å². The van der Waals surface area contributed by atoms with Gasteiger partial charge < -0.3 is 24.6 Å². The standard InChI is InChI=1S/C21H28N4O2.HI/c1-22-21(23-16-17-8-4-6-10-19(17)26-2)25-14-12-24(13-15-25)18-9-5-7-11-20(18)27-3;/h4-11H,12-16H2,1-3H3,(H,22,23);1H. The van der Waals surface area contributed by atoms with Crippen LogP contribution in [0.2, 0.25) is 0 Å². The Labute approximate surface area is 184 Å². The van der Waals surface area contributed by atoms with E-state index in [-0.39, 0.29) is 24.0 Å². The number of hydrogen-bond acceptors (Lipinski definition) is 4. The molecule has 1 saturated heterocycles. The summed E-state index contributed by atoms with van der Waals surface area (Å²) in [6.07, 6.45) is 0. The molecule has 1 fully saturated rings. The lowest BCUT2D eigenvalue weighted by Gasteiger charge is -2.38. The Bertz CT molecular complexity index is 777. The third-order valence-corrected chi connectivity index (χ3v) is 4.85. The van der Waals surface area contributed by atoms with Gasteiger partial charge in [0.2, 0.25) is 0 Å². The number of ether oxygens (including phenoxy) is 2. The van der Waals surface area contributed by atoms with Gasteiger partial charge in [-0.25, -0.2) is 0 Å². The molecule has 1 heterocycles. The Morgan fingerprint density at radius 1 is 0.929 bits per heavy atom. The molecule has 0 atom stereocenters. The summed E-state index contributed by atoms with van der Waals surface area (Å²) in [6.45, 7) is 4.35. The quantitative estimate of drug-likeness (QED) is 0.392. The highest BCUT2D eigenvalue weighted by Gasteiger charge is 2.21. The Morgan fingerprint density at radius 2 is 1.54 bits per heavy atom. The summed E-state index contributed by atoms with van der Waals surface area (Å²) in [5.41, 5.74) is 2.27. The van der Waals surface area contributed by atoms with Crippen LogP contribution in [0.25, 0.3) is 0 Å². The number of benzene rings is 2. The number of aliphatic imine (C=N–C) groups is 1. The average Bonchev–Trinajstić information content (AvgIpc) is 2.75. The molecule has 0 aliphatic carbocycles. The zero-order chi connectivity index (χ0) is 19.1. The molecule has 28 heavy (non-hydrogen) atoms. The van der Waals surface area contributed by atoms with E-state index in [1.165, 1.54) is 0 Å². The molecule has 152 valence electrons. The topological polar surface area (TPSA) is 49.3 Å². The van der Waals surface area contributed by atoms with Crippen molar-refractivity contribution in [3.05, 3.63) is 54.1 Å². The molecular formula is C21H29IN4O2. The summed E-state index contributed by atoms with van der Waals surface area (Å²) >= 11 is 0. The number of methoxy groups -OCH3 is 2. The van der Waals surface area contributed by atoms with Gasteiger partial charge in [0.1, 0.15) is 11.5 Å². The van der Waals surface area contributed by atoms with E-state index in [0.717, 1.165) is 54.9 Å². The van der Waals surface area contributed by atoms with Crippen LogP contribution in [0.15, 0.2) is 53.5 Å². The first-order valence-electron chi connectivity index (χ1n) is 9.22. The fourth-order valence-corrected chi connectivity index (χ4v) is 3.41. The summed E-state index contributed by atoms with van der Waals surface area (Å²) in [7, 11) is 5.25. The number of nitrogens with one attached hydrogen (secondary N) is 1. The summed E-state index contributed by atoms with van der Waals surface area (Å²) in [5, 5.41) is 3.46. The highest BCUT2D eigenvalue weighted by Crippen LogP contribution is 2.28. The summed E-state index contributed by atoms with van der Waals surface area (Å²) in [6, 6.07) is 16.2. The van der Waals surface area contributed by atoms with Crippen LogP contribution in [0.3, 0.4) is 0 Å². The monoisotopic (exact) mass is 496 g/mol. The van der Waals surface area contributed by atoms with Crippen molar-refractivity contribution < 1.29 is 9.47 Å². The first kappa shape index (κ1) is 22.1. The van der Waals surface area contributed by atoms with Crippen molar-refractivity contribution in [2.75, 3.05) is 52.3 Å². The minimum Gasteiger partial charge on any atom is -0.496 e. The number of anilines is 1. The lowest BCUT2D eigenvalue weighted by atomic mass is 10.2. The van der Waals surface area contributed by atoms with Crippen LogP contribution in [0, 0.1) is 0 Å². The summed E-state index contributed by atoms with van der Waals surface area (Å²) in [4.78, 5) is 9.12. The van der Waals surface area contributed by atoms with Crippen LogP contribution in [0.5, 0.6) is 11.5 Å². The van der Waals surface area contributed by atoms with Crippen molar-refractivity contribution in [2.24, 2.45) is 4.99 Å². The number of piperazine rings is 1. The first-order valence-corrected chi connectivity index (χ1v) is 9.22. The van der Waals surface area contributed by atoms with Gasteiger partial charge in [0.25, 0.3) is 0 Å². The van der Waals surface area contributed by atoms with Crippen molar-refractivity contribution in [1.82, 2.24) is 10.2 Å². The first-order chi connectivity index (χ1) is 13.3. The Kier molecular flexibility index (Phi) is 8.69. The molecule has 0 radical (unpaired) electrons. The Morgan fingerprint density at radius 3 is 2.18 bits per heavy atom. The van der Waals surface area contributed by atoms with Gasteiger partial charge >= 0.3 is 0 Å². The van der Waals surface area contributed by atoms with E-state index >= 15 is 0 Å². The second kappa shape index (κ2) is 11.0. The van der Waals surface area contributed by atoms with Crippen molar-refractivity contribution in [3.8, 4) is 11.5 Å². The van der Waals surface area contributed by atoms with E-state index in [0.29, 0.717) is 6.54 Å². The van der Waals surface area contributed by atoms with Gasteiger partial charge in [-0.1, -0.05) is 30.3 Å². The van der Waals surface area contributed by atoms with Gasteiger partial charge in [-0.2, -0.15) is 0 Å². The van der Waals surface area contributed by atoms with Gasteiger partial charge in [0, 0.05) is 45.3 Å². The number of para-hydroxylation sites is 3. The number of rotatable bonds is 5. The minimum absolute atomic E-state index is 0. The molecule has 0 spiro atoms. The van der Waals surface area contributed by atoms with E-state index in [1.54, 1.807) is 14.2 Å². The van der Waals surface area contributed by atoms with E-state index in [9.17, 15) is 0 Å². The SMILES string of the molecule is CN=C(NCc1ccccc1OC)N1CCN(c2ccccc2OC)CC1.I. The van der Waals surface area contributed by atoms with Gasteiger partial charge in [-0.3, -0.25) is 4.99 Å². The molecule has 2 aromatic carbocycles. The number of guanidine groups is 1. The van der Waals surface area contributed by atoms with Crippen LogP contribution in [0.4, 0.5) is 5.69 Å². The summed E-state index contributed by atoms with van der Waals surface area (Å²) in [5.74, 6) is 2.73. The zero-order valence-corrected chi connectivity index (χ0v) is 19.1. The van der Waals surface area contributed by atoms with E-state index < -0.39 is 0 Å². The van der Waals surface area contributed by atoms with Crippen LogP contribution >= 0.6 is 24.0 Å². The molecule has 2 aromatic rings. The van der Waals surface area contributed by atoms with Crippen LogP contribution in [-0.4, -0.2) is 58.3 Å². The third kappa shape index (κ3) is 5.21. The van der Waals surface area contributed by atoms with E-state index in [4.69, 9.17) is 9.47 Å². The molecule has 3 rings (SSSR count). The Balaban J connectivity index is 0.00000280. The lowest BCUT2D eigenvalue weighted by Crippen LogP contribution is -2.52. The van der Waals surface area contributed by atoms with Gasteiger partial charge in [0.15, 0.2) is 5.96 Å². The minimum atomic E-state index is 0. The molecular weight excluding hydrogens is 467 g/mol. The maximum atomic E-state index is 5.50. The normalized spacial score (nSPS) is 14.3. The smallest absolute Gasteiger partial charge is 0.194 e. The van der Waals surface area contributed by atoms with E-state index in [1.807, 2.05) is 37.4 Å². The Hall–Kier alpha value is -2.16. The number of nitrogens with zero attached hydrogens (tertiary/aromatic N) is 3. The largest absolute Gasteiger partial charge is 0.496 e. The maximum Gasteiger partial charge on any atom is 0.194 e. The molecule has 1 N–H and O–H groups in total. The van der Waals surface area contributed by atoms with Gasteiger partial charge in [-0.05, 0) is 18.2 Å². The summed E-state index contributed by atoms with van der Waals surface area (Å²) < 4.78 is 10.9. The number of hydrogen-bond donors (Lipinski definition) is 1. The van der Waals surface area contributed by atoms with Gasteiger partial charge in [-0.15, -0.1) is 24.0 Å². The van der Waals surface area contributed by atoms with Crippen LogP contribution in [0.1, 0.15) is 5.56 Å². The third-order valence-electron chi connectivity index (χ3n) is 4.85. The predicted molar refractivity (Wildman–Crippen MR) is 125 cm³/mol. The van der Waals surface area contributed by atoms with Gasteiger partial charge in [0.05, 0.1) is 19.9 Å². The molecule has 6 nitrogen and oxygen atoms in total. The highest BCUT2D eigenvalue weighted by molar-refractivity contribution is 14.0. The maximum absolute atomic E-state index is 5.50. The molecule has 0 unspecified atom stereocenters. The number of halogens is 1. The van der Waals surface area contributed by atoms with Crippen LogP contribution < -0.4 is 19.7 Å². The molecule has 0 bridgehead atoms. The molecule has 7 heteroatoms. The molecule has 0 amide bonds. The predicted octanol–water partition coefficient (Wildman–Crippen LogP) is 3.22. The van der Waals surface area contributed by atoms with Crippen molar-refractivity contribution in [2.45, 2.75) is 6.54 Å². The fourth-order valence-electron chi connectivity index (χ4n) is 3.41. The second-order valence-electron chi connectivity index (χ2n) is 6.36. The van der Waals surface area contributed by atoms with E-state index in [2.05, 4.69) is 38.3 Å². The highest BCUT2D eigenvalue weighted by atomic mass is 127. The van der Waals surface area contributed by atoms with Crippen LogP contribution in [-0.2, 0) is 6.54 Å². The second-order valence-corrected chi connectivity index (χ2v) is 6.36. The van der Waals surface area contributed by atoms with Crippen molar-refractivity contribution in [1.29, 1.82) is 0 Å². The molecule has 0 saturated carbocycles. The lowest BCUT2D eigenvalue weighted by molar-refractivity contribution is 0.366. The molecule has 1 aliphatic rings. The zero-order valence-electron chi connectivity index (χ0n) is 16.7.